The topological polar surface area (TPSA) is 45.8 Å². The Balaban J connectivity index is 2.23. The molecule has 0 bridgehead atoms. The summed E-state index contributed by atoms with van der Waals surface area (Å²) in [5, 5.41) is 0. The van der Waals surface area contributed by atoms with Crippen molar-refractivity contribution < 1.29 is 0 Å². The molecule has 1 aliphatic rings. The minimum Gasteiger partial charge on any atom is -0.310 e. The summed E-state index contributed by atoms with van der Waals surface area (Å²) in [5.41, 5.74) is 0.713. The second kappa shape index (κ2) is 3.95. The van der Waals surface area contributed by atoms with Crippen molar-refractivity contribution in [1.29, 1.82) is 0 Å². The molecule has 0 atom stereocenters. The highest BCUT2D eigenvalue weighted by atomic mass is 16.1. The van der Waals surface area contributed by atoms with Crippen LogP contribution in [0.5, 0.6) is 0 Å². The predicted molar refractivity (Wildman–Crippen MR) is 55.4 cm³/mol. The highest BCUT2D eigenvalue weighted by Crippen LogP contribution is 2.29. The average Bonchev–Trinajstić information content (AvgIpc) is 2.23. The third-order valence-corrected chi connectivity index (χ3v) is 2.99. The van der Waals surface area contributed by atoms with Gasteiger partial charge in [0.15, 0.2) is 0 Å². The second-order valence-corrected chi connectivity index (χ2v) is 4.12. The monoisotopic (exact) mass is 192 g/mol. The molecule has 0 aromatic carbocycles. The Hall–Kier alpha value is -1.12. The van der Waals surface area contributed by atoms with Gasteiger partial charge in [0.25, 0.3) is 5.56 Å². The molecule has 0 aliphatic heterocycles. The van der Waals surface area contributed by atoms with Crippen molar-refractivity contribution in [3.63, 3.8) is 0 Å². The number of nitrogens with zero attached hydrogens (tertiary/aromatic N) is 1. The number of nitrogens with one attached hydrogen (secondary N) is 1. The fraction of sp³-hybridized carbons (Fsp3) is 0.636. The van der Waals surface area contributed by atoms with Crippen molar-refractivity contribution in [2.24, 2.45) is 0 Å². The molecule has 1 aliphatic carbocycles. The van der Waals surface area contributed by atoms with Crippen LogP contribution in [0.15, 0.2) is 11.0 Å². The Morgan fingerprint density at radius 3 is 2.71 bits per heavy atom. The van der Waals surface area contributed by atoms with Crippen LogP contribution in [-0.2, 0) is 0 Å². The molecule has 1 N–H and O–H groups in total. The molecule has 2 rings (SSSR count). The van der Waals surface area contributed by atoms with Crippen LogP contribution in [-0.4, -0.2) is 9.97 Å². The largest absolute Gasteiger partial charge is 0.310 e. The van der Waals surface area contributed by atoms with Crippen LogP contribution in [0.1, 0.15) is 49.4 Å². The van der Waals surface area contributed by atoms with Gasteiger partial charge in [-0.3, -0.25) is 4.79 Å². The zero-order valence-electron chi connectivity index (χ0n) is 8.55. The highest BCUT2D eigenvalue weighted by molar-refractivity contribution is 5.06. The van der Waals surface area contributed by atoms with Crippen molar-refractivity contribution >= 4 is 0 Å². The van der Waals surface area contributed by atoms with Crippen LogP contribution in [0.25, 0.3) is 0 Å². The van der Waals surface area contributed by atoms with Gasteiger partial charge < -0.3 is 4.98 Å². The summed E-state index contributed by atoms with van der Waals surface area (Å²) >= 11 is 0. The number of aryl methyl sites for hydroxylation is 1. The highest BCUT2D eigenvalue weighted by Gasteiger charge is 2.17. The van der Waals surface area contributed by atoms with E-state index in [4.69, 9.17) is 0 Å². The maximum atomic E-state index is 11.4. The molecule has 0 spiro atoms. The zero-order valence-corrected chi connectivity index (χ0v) is 8.55. The van der Waals surface area contributed by atoms with E-state index in [9.17, 15) is 4.79 Å². The van der Waals surface area contributed by atoms with Gasteiger partial charge in [-0.25, -0.2) is 4.98 Å². The van der Waals surface area contributed by atoms with E-state index in [2.05, 4.69) is 9.97 Å². The summed E-state index contributed by atoms with van der Waals surface area (Å²) in [7, 11) is 0. The van der Waals surface area contributed by atoms with Gasteiger partial charge in [0, 0.05) is 17.7 Å². The number of aromatic nitrogens is 2. The fourth-order valence-corrected chi connectivity index (χ4v) is 2.06. The van der Waals surface area contributed by atoms with E-state index >= 15 is 0 Å². The van der Waals surface area contributed by atoms with Crippen LogP contribution in [0.3, 0.4) is 0 Å². The van der Waals surface area contributed by atoms with Gasteiger partial charge in [-0.2, -0.15) is 0 Å². The molecule has 1 aromatic rings. The van der Waals surface area contributed by atoms with E-state index in [1.165, 1.54) is 32.1 Å². The van der Waals surface area contributed by atoms with Gasteiger partial charge in [0.05, 0.1) is 0 Å². The number of rotatable bonds is 1. The van der Waals surface area contributed by atoms with Crippen molar-refractivity contribution in [1.82, 2.24) is 9.97 Å². The molecule has 0 saturated heterocycles. The smallest absolute Gasteiger partial charge is 0.253 e. The molecule has 14 heavy (non-hydrogen) atoms. The van der Waals surface area contributed by atoms with E-state index in [1.807, 2.05) is 0 Å². The molecule has 3 heteroatoms. The third-order valence-electron chi connectivity index (χ3n) is 2.99. The summed E-state index contributed by atoms with van der Waals surface area (Å²) in [6.45, 7) is 1.79. The third kappa shape index (κ3) is 1.86. The number of hydrogen-bond donors (Lipinski definition) is 1. The number of H-pyrrole nitrogens is 1. The molecular weight excluding hydrogens is 176 g/mol. The molecule has 1 saturated carbocycles. The first-order valence-electron chi connectivity index (χ1n) is 5.33. The lowest BCUT2D eigenvalue weighted by Gasteiger charge is -2.20. The first kappa shape index (κ1) is 9.44. The molecule has 76 valence electrons. The van der Waals surface area contributed by atoms with Gasteiger partial charge in [-0.05, 0) is 19.8 Å². The van der Waals surface area contributed by atoms with Crippen molar-refractivity contribution in [3.8, 4) is 0 Å². The van der Waals surface area contributed by atoms with Crippen molar-refractivity contribution in [3.05, 3.63) is 27.9 Å². The predicted octanol–water partition coefficient (Wildman–Crippen LogP) is 2.13. The van der Waals surface area contributed by atoms with Crippen molar-refractivity contribution in [2.45, 2.75) is 44.9 Å². The lowest BCUT2D eigenvalue weighted by Crippen LogP contribution is -2.17. The van der Waals surface area contributed by atoms with E-state index < -0.39 is 0 Å². The normalized spacial score (nSPS) is 18.4. The average molecular weight is 192 g/mol. The van der Waals surface area contributed by atoms with E-state index in [0.717, 1.165) is 5.82 Å². The molecule has 3 nitrogen and oxygen atoms in total. The molecule has 0 unspecified atom stereocenters. The summed E-state index contributed by atoms with van der Waals surface area (Å²) in [4.78, 5) is 18.6. The minimum absolute atomic E-state index is 0.0144. The second-order valence-electron chi connectivity index (χ2n) is 4.12. The molecule has 1 aromatic heterocycles. The standard InChI is InChI=1S/C11H16N2O/c1-8-7-12-10(13-11(8)14)9-5-3-2-4-6-9/h7,9H,2-6H2,1H3,(H,12,13,14). The lowest BCUT2D eigenvalue weighted by molar-refractivity contribution is 0.427. The first-order valence-corrected chi connectivity index (χ1v) is 5.33. The molecular formula is C11H16N2O. The quantitative estimate of drug-likeness (QED) is 0.740. The Labute approximate surface area is 83.6 Å². The fourth-order valence-electron chi connectivity index (χ4n) is 2.06. The van der Waals surface area contributed by atoms with Crippen LogP contribution in [0.4, 0.5) is 0 Å². The van der Waals surface area contributed by atoms with E-state index in [-0.39, 0.29) is 5.56 Å². The summed E-state index contributed by atoms with van der Waals surface area (Å²) in [6, 6.07) is 0. The molecule has 1 heterocycles. The molecule has 0 radical (unpaired) electrons. The minimum atomic E-state index is 0.0144. The van der Waals surface area contributed by atoms with E-state index in [0.29, 0.717) is 11.5 Å². The lowest BCUT2D eigenvalue weighted by atomic mass is 9.89. The van der Waals surface area contributed by atoms with Gasteiger partial charge in [0.2, 0.25) is 0 Å². The maximum absolute atomic E-state index is 11.4. The van der Waals surface area contributed by atoms with Gasteiger partial charge in [-0.15, -0.1) is 0 Å². The maximum Gasteiger partial charge on any atom is 0.253 e. The Morgan fingerprint density at radius 1 is 1.36 bits per heavy atom. The Morgan fingerprint density at radius 2 is 2.07 bits per heavy atom. The Kier molecular flexibility index (Phi) is 2.66. The van der Waals surface area contributed by atoms with Crippen LogP contribution in [0.2, 0.25) is 0 Å². The van der Waals surface area contributed by atoms with Crippen LogP contribution >= 0.6 is 0 Å². The van der Waals surface area contributed by atoms with E-state index in [1.54, 1.807) is 13.1 Å². The Bertz CT molecular complexity index is 364. The van der Waals surface area contributed by atoms with Gasteiger partial charge in [-0.1, -0.05) is 19.3 Å². The van der Waals surface area contributed by atoms with Crippen molar-refractivity contribution in [2.75, 3.05) is 0 Å². The SMILES string of the molecule is Cc1cnc(C2CCCCC2)[nH]c1=O. The first-order chi connectivity index (χ1) is 6.77. The summed E-state index contributed by atoms with van der Waals surface area (Å²) in [5.74, 6) is 1.37. The number of hydrogen-bond acceptors (Lipinski definition) is 2. The summed E-state index contributed by atoms with van der Waals surface area (Å²) < 4.78 is 0. The zero-order chi connectivity index (χ0) is 9.97. The van der Waals surface area contributed by atoms with Crippen LogP contribution in [0, 0.1) is 6.92 Å². The van der Waals surface area contributed by atoms with Crippen LogP contribution < -0.4 is 5.56 Å². The summed E-state index contributed by atoms with van der Waals surface area (Å²) in [6.07, 6.45) is 7.89. The molecule has 0 amide bonds. The number of aromatic amines is 1. The molecule has 1 fully saturated rings. The van der Waals surface area contributed by atoms with Gasteiger partial charge >= 0.3 is 0 Å². The van der Waals surface area contributed by atoms with Gasteiger partial charge in [0.1, 0.15) is 5.82 Å².